The van der Waals surface area contributed by atoms with Gasteiger partial charge in [0.2, 0.25) is 0 Å². The first-order valence-electron chi connectivity index (χ1n) is 11.3. The Hall–Kier alpha value is -1.90. The topological polar surface area (TPSA) is 38.0 Å². The van der Waals surface area contributed by atoms with Gasteiger partial charge in [0.15, 0.2) is 0 Å². The summed E-state index contributed by atoms with van der Waals surface area (Å²) in [6.45, 7) is 6.52. The Labute approximate surface area is 176 Å². The van der Waals surface area contributed by atoms with E-state index < -0.39 is 0 Å². The van der Waals surface area contributed by atoms with Crippen molar-refractivity contribution in [3.05, 3.63) is 71.8 Å². The Morgan fingerprint density at radius 3 is 2.62 bits per heavy atom. The number of fused-ring (bicyclic) bond motifs is 1. The Kier molecular flexibility index (Phi) is 5.94. The molecule has 2 aliphatic rings. The van der Waals surface area contributed by atoms with E-state index in [1.54, 1.807) is 0 Å². The fourth-order valence-corrected chi connectivity index (χ4v) is 5.30. The zero-order valence-corrected chi connectivity index (χ0v) is 18.2. The summed E-state index contributed by atoms with van der Waals surface area (Å²) in [5, 5.41) is 6.68. The molecule has 1 saturated carbocycles. The van der Waals surface area contributed by atoms with E-state index in [4.69, 9.17) is 5.73 Å². The van der Waals surface area contributed by atoms with Crippen LogP contribution in [0.2, 0.25) is 0 Å². The fraction of sp³-hybridized carbons (Fsp3) is 0.481. The third-order valence-corrected chi connectivity index (χ3v) is 6.97. The molecule has 0 saturated heterocycles. The second-order valence-electron chi connectivity index (χ2n) is 9.72. The van der Waals surface area contributed by atoms with E-state index in [1.807, 2.05) is 0 Å². The van der Waals surface area contributed by atoms with Crippen LogP contribution in [-0.2, 0) is 0 Å². The number of hydrogen-bond donors (Lipinski definition) is 2. The molecule has 4 rings (SSSR count). The molecule has 1 unspecified atom stereocenters. The van der Waals surface area contributed by atoms with Crippen LogP contribution in [0.3, 0.4) is 0 Å². The lowest BCUT2D eigenvalue weighted by Gasteiger charge is -2.36. The van der Waals surface area contributed by atoms with Crippen molar-refractivity contribution in [2.75, 3.05) is 0 Å². The summed E-state index contributed by atoms with van der Waals surface area (Å²) >= 11 is 0. The minimum Gasteiger partial charge on any atom is -0.322 e. The second-order valence-corrected chi connectivity index (χ2v) is 9.72. The molecule has 0 aliphatic heterocycles. The fourth-order valence-electron chi connectivity index (χ4n) is 5.30. The van der Waals surface area contributed by atoms with Crippen LogP contribution in [0.1, 0.15) is 64.5 Å². The SMILES string of the molecule is C[C@@H](N[C@H]1CCC[C@H](C2C=CC(C(C)(C)N)=CC2)C1)c1cccc2ccccc12. The predicted molar refractivity (Wildman–Crippen MR) is 125 cm³/mol. The van der Waals surface area contributed by atoms with Crippen LogP contribution in [0.5, 0.6) is 0 Å². The van der Waals surface area contributed by atoms with Gasteiger partial charge in [-0.05, 0) is 80.2 Å². The molecule has 2 nitrogen and oxygen atoms in total. The van der Waals surface area contributed by atoms with E-state index in [9.17, 15) is 0 Å². The molecule has 0 amide bonds. The minimum atomic E-state index is -0.230. The van der Waals surface area contributed by atoms with Gasteiger partial charge in [-0.15, -0.1) is 0 Å². The third-order valence-electron chi connectivity index (χ3n) is 6.97. The van der Waals surface area contributed by atoms with E-state index in [2.05, 4.69) is 86.8 Å². The summed E-state index contributed by atoms with van der Waals surface area (Å²) in [6.07, 6.45) is 13.5. The average molecular weight is 389 g/mol. The van der Waals surface area contributed by atoms with Gasteiger partial charge in [-0.25, -0.2) is 0 Å². The molecule has 1 fully saturated rings. The van der Waals surface area contributed by atoms with Crippen molar-refractivity contribution >= 4 is 10.8 Å². The third kappa shape index (κ3) is 4.65. The Morgan fingerprint density at radius 2 is 1.86 bits per heavy atom. The van der Waals surface area contributed by atoms with Crippen LogP contribution in [0.4, 0.5) is 0 Å². The molecule has 0 spiro atoms. The highest BCUT2D eigenvalue weighted by molar-refractivity contribution is 5.86. The van der Waals surface area contributed by atoms with Gasteiger partial charge < -0.3 is 11.1 Å². The highest BCUT2D eigenvalue weighted by Crippen LogP contribution is 2.37. The maximum absolute atomic E-state index is 6.28. The molecule has 2 heteroatoms. The summed E-state index contributed by atoms with van der Waals surface area (Å²) in [7, 11) is 0. The lowest BCUT2D eigenvalue weighted by Crippen LogP contribution is -2.38. The zero-order valence-electron chi connectivity index (χ0n) is 18.2. The first-order chi connectivity index (χ1) is 13.9. The summed E-state index contributed by atoms with van der Waals surface area (Å²) in [5.74, 6) is 1.44. The standard InChI is InChI=1S/C27H36N2/c1-19(25-13-7-9-21-8-4-5-12-26(21)25)29-24-11-6-10-22(18-24)20-14-16-23(17-15-20)27(2,3)28/h4-5,7-9,12-14,16-17,19-20,22,24,29H,6,10-11,15,18,28H2,1-3H3/t19-,20?,22+,24+/m1/s1. The van der Waals surface area contributed by atoms with Crippen LogP contribution in [0, 0.1) is 11.8 Å². The Morgan fingerprint density at radius 1 is 1.07 bits per heavy atom. The summed E-state index contributed by atoms with van der Waals surface area (Å²) < 4.78 is 0. The van der Waals surface area contributed by atoms with E-state index in [0.29, 0.717) is 18.0 Å². The molecule has 154 valence electrons. The number of hydrogen-bond acceptors (Lipinski definition) is 2. The van der Waals surface area contributed by atoms with Crippen LogP contribution in [0.25, 0.3) is 10.8 Å². The Bertz CT molecular complexity index is 897. The zero-order chi connectivity index (χ0) is 20.4. The molecular weight excluding hydrogens is 352 g/mol. The summed E-state index contributed by atoms with van der Waals surface area (Å²) in [4.78, 5) is 0. The van der Waals surface area contributed by atoms with Gasteiger partial charge in [0.05, 0.1) is 0 Å². The van der Waals surface area contributed by atoms with Crippen LogP contribution in [-0.4, -0.2) is 11.6 Å². The van der Waals surface area contributed by atoms with Crippen molar-refractivity contribution < 1.29 is 0 Å². The number of allylic oxidation sites excluding steroid dienone is 2. The molecule has 2 aromatic carbocycles. The van der Waals surface area contributed by atoms with Crippen molar-refractivity contribution in [2.45, 2.75) is 70.5 Å². The lowest BCUT2D eigenvalue weighted by molar-refractivity contribution is 0.227. The van der Waals surface area contributed by atoms with Crippen LogP contribution < -0.4 is 11.1 Å². The summed E-state index contributed by atoms with van der Waals surface area (Å²) in [6, 6.07) is 16.4. The predicted octanol–water partition coefficient (Wildman–Crippen LogP) is 6.29. The van der Waals surface area contributed by atoms with Crippen molar-refractivity contribution in [1.82, 2.24) is 5.32 Å². The molecule has 0 aromatic heterocycles. The highest BCUT2D eigenvalue weighted by atomic mass is 14.9. The number of rotatable bonds is 5. The van der Waals surface area contributed by atoms with E-state index in [-0.39, 0.29) is 5.54 Å². The normalized spacial score (nSPS) is 26.3. The van der Waals surface area contributed by atoms with Gasteiger partial charge >= 0.3 is 0 Å². The monoisotopic (exact) mass is 388 g/mol. The molecular formula is C27H36N2. The van der Waals surface area contributed by atoms with Crippen LogP contribution >= 0.6 is 0 Å². The van der Waals surface area contributed by atoms with E-state index in [0.717, 1.165) is 12.3 Å². The average Bonchev–Trinajstić information content (AvgIpc) is 2.73. The maximum atomic E-state index is 6.28. The molecule has 3 N–H and O–H groups in total. The van der Waals surface area contributed by atoms with E-state index in [1.165, 1.54) is 47.6 Å². The molecule has 0 bridgehead atoms. The number of nitrogens with two attached hydrogens (primary N) is 1. The van der Waals surface area contributed by atoms with Crippen molar-refractivity contribution in [2.24, 2.45) is 17.6 Å². The van der Waals surface area contributed by atoms with Gasteiger partial charge in [0, 0.05) is 17.6 Å². The number of nitrogens with one attached hydrogen (secondary N) is 1. The molecule has 0 radical (unpaired) electrons. The first-order valence-corrected chi connectivity index (χ1v) is 11.3. The van der Waals surface area contributed by atoms with Gasteiger partial charge in [-0.1, -0.05) is 67.1 Å². The lowest BCUT2D eigenvalue weighted by atomic mass is 9.74. The first kappa shape index (κ1) is 20.4. The quantitative estimate of drug-likeness (QED) is 0.632. The smallest absolute Gasteiger partial charge is 0.0349 e. The highest BCUT2D eigenvalue weighted by Gasteiger charge is 2.29. The van der Waals surface area contributed by atoms with Gasteiger partial charge in [0.1, 0.15) is 0 Å². The van der Waals surface area contributed by atoms with Crippen LogP contribution in [0.15, 0.2) is 66.3 Å². The van der Waals surface area contributed by atoms with Crippen molar-refractivity contribution in [3.63, 3.8) is 0 Å². The molecule has 2 aromatic rings. The molecule has 29 heavy (non-hydrogen) atoms. The second kappa shape index (κ2) is 8.45. The molecule has 4 atom stereocenters. The maximum Gasteiger partial charge on any atom is 0.0349 e. The number of benzene rings is 2. The Balaban J connectivity index is 1.40. The van der Waals surface area contributed by atoms with Crippen molar-refractivity contribution in [3.8, 4) is 0 Å². The van der Waals surface area contributed by atoms with Gasteiger partial charge in [0.25, 0.3) is 0 Å². The minimum absolute atomic E-state index is 0.230. The van der Waals surface area contributed by atoms with Crippen molar-refractivity contribution in [1.29, 1.82) is 0 Å². The largest absolute Gasteiger partial charge is 0.322 e. The summed E-state index contributed by atoms with van der Waals surface area (Å²) in [5.41, 5.74) is 8.74. The molecule has 0 heterocycles. The molecule has 2 aliphatic carbocycles. The van der Waals surface area contributed by atoms with Gasteiger partial charge in [-0.3, -0.25) is 0 Å². The van der Waals surface area contributed by atoms with Gasteiger partial charge in [-0.2, -0.15) is 0 Å². The van der Waals surface area contributed by atoms with E-state index >= 15 is 0 Å².